The highest BCUT2D eigenvalue weighted by Crippen LogP contribution is 2.22. The maximum atomic E-state index is 13.5. The summed E-state index contributed by atoms with van der Waals surface area (Å²) in [6.45, 7) is 3.50. The van der Waals surface area contributed by atoms with Gasteiger partial charge in [0.05, 0.1) is 5.69 Å². The molecule has 0 aromatic heterocycles. The summed E-state index contributed by atoms with van der Waals surface area (Å²) >= 11 is 5.69. The first-order valence-electron chi connectivity index (χ1n) is 7.83. The summed E-state index contributed by atoms with van der Waals surface area (Å²) in [7, 11) is 0. The first-order valence-corrected chi connectivity index (χ1v) is 8.21. The van der Waals surface area contributed by atoms with Crippen molar-refractivity contribution in [3.63, 3.8) is 0 Å². The minimum atomic E-state index is -0.237. The third-order valence-corrected chi connectivity index (χ3v) is 4.25. The van der Waals surface area contributed by atoms with Crippen molar-refractivity contribution < 1.29 is 4.39 Å². The summed E-state index contributed by atoms with van der Waals surface area (Å²) < 4.78 is 13.5. The lowest BCUT2D eigenvalue weighted by molar-refractivity contribution is 0.441. The van der Waals surface area contributed by atoms with Crippen LogP contribution >= 0.6 is 11.6 Å². The minimum absolute atomic E-state index is 0.237. The van der Waals surface area contributed by atoms with Gasteiger partial charge in [0.25, 0.3) is 0 Å². The lowest BCUT2D eigenvalue weighted by Gasteiger charge is -2.29. The number of nitrogens with one attached hydrogen (secondary N) is 1. The Bertz CT molecular complexity index is 430. The second-order valence-electron chi connectivity index (χ2n) is 5.73. The van der Waals surface area contributed by atoms with Gasteiger partial charge in [-0.25, -0.2) is 4.39 Å². The van der Waals surface area contributed by atoms with Crippen LogP contribution in [0.1, 0.15) is 32.1 Å². The third-order valence-electron chi connectivity index (χ3n) is 4.02. The van der Waals surface area contributed by atoms with Crippen molar-refractivity contribution in [1.29, 1.82) is 0 Å². The Balaban J connectivity index is 0.000000194. The number of rotatable bonds is 1. The van der Waals surface area contributed by atoms with Gasteiger partial charge in [-0.05, 0) is 31.0 Å². The van der Waals surface area contributed by atoms with Gasteiger partial charge in [0.2, 0.25) is 0 Å². The minimum Gasteiger partial charge on any atom is -0.367 e. The van der Waals surface area contributed by atoms with E-state index in [1.54, 1.807) is 12.1 Å². The SMILES string of the molecule is Fc1cc(Cl)ccc1N1CCNCC1.NC1CCCCC1. The molecule has 0 atom stereocenters. The van der Waals surface area contributed by atoms with Gasteiger partial charge in [-0.1, -0.05) is 30.9 Å². The smallest absolute Gasteiger partial charge is 0.147 e. The largest absolute Gasteiger partial charge is 0.367 e. The number of halogens is 2. The van der Waals surface area contributed by atoms with Crippen LogP contribution in [0.5, 0.6) is 0 Å². The van der Waals surface area contributed by atoms with Gasteiger partial charge in [-0.15, -0.1) is 0 Å². The average molecular weight is 314 g/mol. The van der Waals surface area contributed by atoms with Crippen LogP contribution in [0.15, 0.2) is 18.2 Å². The van der Waals surface area contributed by atoms with Gasteiger partial charge < -0.3 is 16.0 Å². The molecule has 1 heterocycles. The molecule has 1 aliphatic heterocycles. The Hall–Kier alpha value is -0.840. The second kappa shape index (κ2) is 8.57. The van der Waals surface area contributed by atoms with Gasteiger partial charge in [-0.3, -0.25) is 0 Å². The molecule has 0 radical (unpaired) electrons. The van der Waals surface area contributed by atoms with E-state index in [1.165, 1.54) is 38.2 Å². The molecule has 3 N–H and O–H groups in total. The van der Waals surface area contributed by atoms with Gasteiger partial charge in [-0.2, -0.15) is 0 Å². The van der Waals surface area contributed by atoms with Gasteiger partial charge in [0, 0.05) is 37.2 Å². The number of hydrogen-bond acceptors (Lipinski definition) is 3. The highest BCUT2D eigenvalue weighted by Gasteiger charge is 2.14. The predicted octanol–water partition coefficient (Wildman–Crippen LogP) is 3.17. The molecule has 1 saturated heterocycles. The summed E-state index contributed by atoms with van der Waals surface area (Å²) in [5.41, 5.74) is 6.28. The van der Waals surface area contributed by atoms with E-state index in [4.69, 9.17) is 17.3 Å². The first kappa shape index (κ1) is 16.5. The molecule has 0 bridgehead atoms. The standard InChI is InChI=1S/C10H12ClFN2.C6H13N/c11-8-1-2-10(9(12)7-8)14-5-3-13-4-6-14;7-6-4-2-1-3-5-6/h1-2,7,13H,3-6H2;6H,1-5,7H2. The average Bonchev–Trinajstić information content (AvgIpc) is 2.49. The molecule has 1 aromatic carbocycles. The molecule has 1 aliphatic carbocycles. The number of benzene rings is 1. The van der Waals surface area contributed by atoms with E-state index in [0.29, 0.717) is 16.8 Å². The molecular formula is C16H25ClFN3. The lowest BCUT2D eigenvalue weighted by Crippen LogP contribution is -2.43. The third kappa shape index (κ3) is 5.46. The molecular weight excluding hydrogens is 289 g/mol. The fourth-order valence-electron chi connectivity index (χ4n) is 2.78. The molecule has 1 aromatic rings. The molecule has 118 valence electrons. The summed E-state index contributed by atoms with van der Waals surface area (Å²) in [6.07, 6.45) is 6.66. The van der Waals surface area contributed by atoms with Crippen LogP contribution in [0.4, 0.5) is 10.1 Å². The zero-order valence-electron chi connectivity index (χ0n) is 12.5. The Morgan fingerprint density at radius 3 is 2.33 bits per heavy atom. The maximum absolute atomic E-state index is 13.5. The van der Waals surface area contributed by atoms with Crippen molar-refractivity contribution in [1.82, 2.24) is 5.32 Å². The van der Waals surface area contributed by atoms with Crippen molar-refractivity contribution in [3.05, 3.63) is 29.0 Å². The van der Waals surface area contributed by atoms with Crippen LogP contribution < -0.4 is 16.0 Å². The normalized spacial score (nSPS) is 19.9. The summed E-state index contributed by atoms with van der Waals surface area (Å²) in [4.78, 5) is 2.03. The number of nitrogens with zero attached hydrogens (tertiary/aromatic N) is 1. The fourth-order valence-corrected chi connectivity index (χ4v) is 2.94. The topological polar surface area (TPSA) is 41.3 Å². The van der Waals surface area contributed by atoms with E-state index in [2.05, 4.69) is 5.32 Å². The Kier molecular flexibility index (Phi) is 6.74. The Labute approximate surface area is 131 Å². The molecule has 1 saturated carbocycles. The second-order valence-corrected chi connectivity index (χ2v) is 6.17. The maximum Gasteiger partial charge on any atom is 0.147 e. The van der Waals surface area contributed by atoms with Gasteiger partial charge in [0.1, 0.15) is 5.82 Å². The van der Waals surface area contributed by atoms with Crippen molar-refractivity contribution in [2.75, 3.05) is 31.1 Å². The predicted molar refractivity (Wildman–Crippen MR) is 87.6 cm³/mol. The molecule has 0 spiro atoms. The van der Waals surface area contributed by atoms with Gasteiger partial charge >= 0.3 is 0 Å². The van der Waals surface area contributed by atoms with Crippen LogP contribution in [0.3, 0.4) is 0 Å². The van der Waals surface area contributed by atoms with E-state index in [-0.39, 0.29) is 5.82 Å². The summed E-state index contributed by atoms with van der Waals surface area (Å²) in [6, 6.07) is 5.36. The van der Waals surface area contributed by atoms with E-state index < -0.39 is 0 Å². The number of nitrogens with two attached hydrogens (primary N) is 1. The van der Waals surface area contributed by atoms with Crippen LogP contribution in [0, 0.1) is 5.82 Å². The van der Waals surface area contributed by atoms with Crippen molar-refractivity contribution in [2.24, 2.45) is 5.73 Å². The van der Waals surface area contributed by atoms with Crippen LogP contribution in [0.25, 0.3) is 0 Å². The zero-order valence-corrected chi connectivity index (χ0v) is 13.2. The molecule has 0 amide bonds. The summed E-state index contributed by atoms with van der Waals surface area (Å²) in [5, 5.41) is 3.67. The highest BCUT2D eigenvalue weighted by atomic mass is 35.5. The molecule has 21 heavy (non-hydrogen) atoms. The van der Waals surface area contributed by atoms with Crippen LogP contribution in [-0.4, -0.2) is 32.2 Å². The first-order chi connectivity index (χ1) is 10.2. The molecule has 2 aliphatic rings. The Morgan fingerprint density at radius 2 is 1.81 bits per heavy atom. The number of anilines is 1. The van der Waals surface area contributed by atoms with E-state index in [0.717, 1.165) is 26.2 Å². The monoisotopic (exact) mass is 313 g/mol. The lowest BCUT2D eigenvalue weighted by atomic mass is 9.97. The van der Waals surface area contributed by atoms with Crippen molar-refractivity contribution >= 4 is 17.3 Å². The molecule has 0 unspecified atom stereocenters. The molecule has 3 rings (SSSR count). The Morgan fingerprint density at radius 1 is 1.14 bits per heavy atom. The molecule has 2 fully saturated rings. The zero-order chi connectivity index (χ0) is 15.1. The molecule has 5 heteroatoms. The van der Waals surface area contributed by atoms with Crippen molar-refractivity contribution in [3.8, 4) is 0 Å². The van der Waals surface area contributed by atoms with E-state index >= 15 is 0 Å². The fraction of sp³-hybridized carbons (Fsp3) is 0.625. The summed E-state index contributed by atoms with van der Waals surface area (Å²) in [5.74, 6) is -0.237. The highest BCUT2D eigenvalue weighted by molar-refractivity contribution is 6.30. The number of hydrogen-bond donors (Lipinski definition) is 2. The van der Waals surface area contributed by atoms with Crippen LogP contribution in [0.2, 0.25) is 5.02 Å². The quantitative estimate of drug-likeness (QED) is 0.837. The molecule has 3 nitrogen and oxygen atoms in total. The number of piperazine rings is 1. The van der Waals surface area contributed by atoms with Crippen molar-refractivity contribution in [2.45, 2.75) is 38.1 Å². The van der Waals surface area contributed by atoms with E-state index in [1.807, 2.05) is 4.90 Å². The van der Waals surface area contributed by atoms with Gasteiger partial charge in [0.15, 0.2) is 0 Å². The van der Waals surface area contributed by atoms with Crippen LogP contribution in [-0.2, 0) is 0 Å². The van der Waals surface area contributed by atoms with E-state index in [9.17, 15) is 4.39 Å².